The predicted octanol–water partition coefficient (Wildman–Crippen LogP) is 3.10. The molecule has 2 aromatic rings. The second-order valence-corrected chi connectivity index (χ2v) is 14.3. The molecular formula is C34H43Cl2Zr-. The maximum absolute atomic E-state index is 3.92. The average molecular weight is 614 g/mol. The Balaban J connectivity index is 0.000000466. The van der Waals surface area contributed by atoms with E-state index in [4.69, 9.17) is 0 Å². The van der Waals surface area contributed by atoms with Crippen LogP contribution in [0.5, 0.6) is 0 Å². The van der Waals surface area contributed by atoms with E-state index < -0.39 is 0 Å². The van der Waals surface area contributed by atoms with Gasteiger partial charge in [-0.1, -0.05) is 103 Å². The molecule has 3 aliphatic rings. The Labute approximate surface area is 253 Å². The summed E-state index contributed by atoms with van der Waals surface area (Å²) < 4.78 is 1.80. The number of halogens is 2. The molecule has 2 aromatic carbocycles. The van der Waals surface area contributed by atoms with Crippen LogP contribution >= 0.6 is 0 Å². The average Bonchev–Trinajstić information content (AvgIpc) is 3.45. The van der Waals surface area contributed by atoms with Gasteiger partial charge in [0, 0.05) is 0 Å². The van der Waals surface area contributed by atoms with Crippen molar-refractivity contribution in [3.63, 3.8) is 0 Å². The van der Waals surface area contributed by atoms with Crippen molar-refractivity contribution in [2.24, 2.45) is 0 Å². The monoisotopic (exact) mass is 611 g/mol. The molecule has 0 N–H and O–H groups in total. The van der Waals surface area contributed by atoms with E-state index in [2.05, 4.69) is 97.0 Å². The summed E-state index contributed by atoms with van der Waals surface area (Å²) in [6, 6.07) is 11.1. The van der Waals surface area contributed by atoms with Crippen LogP contribution in [-0.2, 0) is 47.9 Å². The maximum atomic E-state index is 3.92. The molecule has 0 spiro atoms. The van der Waals surface area contributed by atoms with Gasteiger partial charge in [0.25, 0.3) is 0 Å². The van der Waals surface area contributed by atoms with Gasteiger partial charge in [0.15, 0.2) is 0 Å². The van der Waals surface area contributed by atoms with E-state index in [1.807, 2.05) is 0 Å². The van der Waals surface area contributed by atoms with Crippen LogP contribution in [0.15, 0.2) is 42.5 Å². The fourth-order valence-corrected chi connectivity index (χ4v) is 6.65. The molecule has 0 bridgehead atoms. The standard InChI is InChI=1S/C28H33.C6H10.2ClH.Zr/c1-8-22-25-20(15-19-16-21(27(2,3)4)13-14-23(19)25)17-24(28(5,6)7)26(22)18-11-9-10-12-18;1-2-4-6-5-3-1;;;/h9-14,16,18H,8,15H2,1-7H3;1-5H2;2*1H;/q-1;;;;+2/p-2. The quantitative estimate of drug-likeness (QED) is 0.390. The number of rotatable bonds is 2. The number of fused-ring (bicyclic) bond motifs is 3. The van der Waals surface area contributed by atoms with Crippen LogP contribution in [0, 0.1) is 6.07 Å². The fraction of sp³-hybridized carbons (Fsp3) is 0.500. The minimum atomic E-state index is 0. The first-order chi connectivity index (χ1) is 16.5. The predicted molar refractivity (Wildman–Crippen MR) is 149 cm³/mol. The molecule has 198 valence electrons. The molecule has 5 rings (SSSR count). The Kier molecular flexibility index (Phi) is 11.5. The van der Waals surface area contributed by atoms with Crippen LogP contribution in [0.2, 0.25) is 0 Å². The zero-order valence-electron chi connectivity index (χ0n) is 23.8. The molecule has 1 saturated carbocycles. The Hall–Kier alpha value is -0.747. The van der Waals surface area contributed by atoms with Crippen LogP contribution in [0.1, 0.15) is 120 Å². The first-order valence-electron chi connectivity index (χ1n) is 13.7. The molecule has 0 radical (unpaired) electrons. The Morgan fingerprint density at radius 1 is 0.892 bits per heavy atom. The van der Waals surface area contributed by atoms with E-state index in [-0.39, 0.29) is 35.6 Å². The zero-order chi connectivity index (χ0) is 25.4. The van der Waals surface area contributed by atoms with Gasteiger partial charge in [0.05, 0.1) is 0 Å². The summed E-state index contributed by atoms with van der Waals surface area (Å²) in [6.45, 7) is 16.2. The summed E-state index contributed by atoms with van der Waals surface area (Å²) in [7, 11) is 0. The minimum absolute atomic E-state index is 0. The van der Waals surface area contributed by atoms with E-state index in [0.29, 0.717) is 5.92 Å². The molecule has 3 aliphatic carbocycles. The molecule has 0 amide bonds. The molecule has 0 aliphatic heterocycles. The van der Waals surface area contributed by atoms with Crippen molar-refractivity contribution in [2.75, 3.05) is 0 Å². The topological polar surface area (TPSA) is 0 Å². The number of hydrogen-bond acceptors (Lipinski definition) is 0. The number of allylic oxidation sites excluding steroid dienone is 4. The normalized spacial score (nSPS) is 16.4. The van der Waals surface area contributed by atoms with Crippen molar-refractivity contribution in [3.8, 4) is 11.1 Å². The second kappa shape index (κ2) is 13.1. The van der Waals surface area contributed by atoms with Gasteiger partial charge in [0.1, 0.15) is 0 Å². The van der Waals surface area contributed by atoms with Gasteiger partial charge in [-0.25, -0.2) is 0 Å². The molecule has 1 fully saturated rings. The summed E-state index contributed by atoms with van der Waals surface area (Å²) in [4.78, 5) is 0. The third-order valence-corrected chi connectivity index (χ3v) is 8.95. The van der Waals surface area contributed by atoms with E-state index in [0.717, 1.165) is 12.8 Å². The zero-order valence-corrected chi connectivity index (χ0v) is 27.8. The second-order valence-electron chi connectivity index (χ2n) is 12.6. The molecule has 0 unspecified atom stereocenters. The Morgan fingerprint density at radius 3 is 2.00 bits per heavy atom. The van der Waals surface area contributed by atoms with E-state index in [1.165, 1.54) is 76.6 Å². The molecule has 37 heavy (non-hydrogen) atoms. The number of hydrogen-bond donors (Lipinski definition) is 0. The molecular weight excluding hydrogens is 571 g/mol. The van der Waals surface area contributed by atoms with Gasteiger partial charge >= 0.3 is 59.5 Å². The van der Waals surface area contributed by atoms with Crippen LogP contribution in [0.3, 0.4) is 0 Å². The summed E-state index contributed by atoms with van der Waals surface area (Å²) in [6.07, 6.45) is 18.4. The van der Waals surface area contributed by atoms with Gasteiger partial charge in [-0.15, -0.1) is 22.3 Å². The molecule has 0 saturated heterocycles. The van der Waals surface area contributed by atoms with E-state index in [1.54, 1.807) is 27.4 Å². The summed E-state index contributed by atoms with van der Waals surface area (Å²) in [5.74, 6) is 0.378. The van der Waals surface area contributed by atoms with Crippen LogP contribution in [0.4, 0.5) is 0 Å². The van der Waals surface area contributed by atoms with Gasteiger partial charge in [-0.05, 0) is 34.3 Å². The first kappa shape index (κ1) is 32.5. The van der Waals surface area contributed by atoms with Crippen molar-refractivity contribution in [1.29, 1.82) is 0 Å². The van der Waals surface area contributed by atoms with Crippen molar-refractivity contribution in [3.05, 3.63) is 82.0 Å². The summed E-state index contributed by atoms with van der Waals surface area (Å²) in [5, 5.41) is 0. The van der Waals surface area contributed by atoms with E-state index in [9.17, 15) is 0 Å². The van der Waals surface area contributed by atoms with Crippen molar-refractivity contribution >= 4 is 3.21 Å². The Bertz CT molecular complexity index is 1150. The third-order valence-electron chi connectivity index (χ3n) is 7.72. The van der Waals surface area contributed by atoms with Gasteiger partial charge < -0.3 is 24.8 Å². The molecule has 3 heteroatoms. The SMILES string of the molecule is CCc1c2c([c-]c(C(C)(C)C)c1C1C=CC=C1)Cc1cc(C(C)(C)C)ccc1-2.[Cl-].[Cl-].[Zr+2]=[C]1CCCCC1. The van der Waals surface area contributed by atoms with Gasteiger partial charge in [0.2, 0.25) is 0 Å². The van der Waals surface area contributed by atoms with Crippen LogP contribution in [-0.4, -0.2) is 3.21 Å². The molecule has 0 heterocycles. The summed E-state index contributed by atoms with van der Waals surface area (Å²) in [5.41, 5.74) is 11.9. The van der Waals surface area contributed by atoms with Crippen LogP contribution < -0.4 is 24.8 Å². The molecule has 0 nitrogen and oxygen atoms in total. The third kappa shape index (κ3) is 7.26. The first-order valence-corrected chi connectivity index (χ1v) is 14.9. The summed E-state index contributed by atoms with van der Waals surface area (Å²) >= 11 is 1.69. The van der Waals surface area contributed by atoms with Crippen molar-refractivity contribution in [1.82, 2.24) is 0 Å². The van der Waals surface area contributed by atoms with Crippen molar-refractivity contribution in [2.45, 2.75) is 110 Å². The van der Waals surface area contributed by atoms with Crippen LogP contribution in [0.25, 0.3) is 11.1 Å². The fourth-order valence-electron chi connectivity index (χ4n) is 5.78. The molecule has 0 aromatic heterocycles. The Morgan fingerprint density at radius 2 is 1.51 bits per heavy atom. The van der Waals surface area contributed by atoms with Gasteiger partial charge in [-0.2, -0.15) is 11.6 Å². The number of benzene rings is 2. The molecule has 0 atom stereocenters. The van der Waals surface area contributed by atoms with Gasteiger partial charge in [-0.3, -0.25) is 0 Å². The van der Waals surface area contributed by atoms with Crippen molar-refractivity contribution < 1.29 is 49.0 Å². The van der Waals surface area contributed by atoms with E-state index >= 15 is 0 Å².